The molecule has 0 aromatic heterocycles. The summed E-state index contributed by atoms with van der Waals surface area (Å²) < 4.78 is 57.3. The van der Waals surface area contributed by atoms with Gasteiger partial charge in [0, 0.05) is 20.1 Å². The number of rotatable bonds is 13. The molecule has 0 amide bonds. The predicted octanol–water partition coefficient (Wildman–Crippen LogP) is 3.72. The molecule has 1 aromatic rings. The van der Waals surface area contributed by atoms with Crippen molar-refractivity contribution in [3.8, 4) is 0 Å². The van der Waals surface area contributed by atoms with Crippen LogP contribution < -0.4 is 0 Å². The molecule has 1 aliphatic heterocycles. The molecule has 1 fully saturated rings. The maximum absolute atomic E-state index is 13.8. The van der Waals surface area contributed by atoms with Crippen molar-refractivity contribution in [2.75, 3.05) is 40.8 Å². The van der Waals surface area contributed by atoms with Gasteiger partial charge in [-0.1, -0.05) is 38.5 Å². The summed E-state index contributed by atoms with van der Waals surface area (Å²) in [6.45, 7) is 13.4. The van der Waals surface area contributed by atoms with Crippen molar-refractivity contribution in [2.45, 2.75) is 81.8 Å². The molecular formula is C25H43NO8SSi. The molecule has 3 atom stereocenters. The average Bonchev–Trinajstić information content (AvgIpc) is 3.14. The first kappa shape index (κ1) is 30.9. The van der Waals surface area contributed by atoms with Crippen molar-refractivity contribution in [1.29, 1.82) is 0 Å². The van der Waals surface area contributed by atoms with Crippen LogP contribution in [-0.4, -0.2) is 86.0 Å². The molecule has 36 heavy (non-hydrogen) atoms. The topological polar surface area (TPSA) is 101 Å². The SMILES string of the molecule is COCCOCO[C@@H]1[C@@H](CCC(=O)OC)N(S(=O)(=O)c2ccc(C)cc2)C[C@H]1O[Si](C)(C)C(C)(C)C. The van der Waals surface area contributed by atoms with E-state index in [1.54, 1.807) is 31.4 Å². The fourth-order valence-corrected chi connectivity index (χ4v) is 6.83. The second-order valence-electron chi connectivity index (χ2n) is 10.6. The number of benzene rings is 1. The summed E-state index contributed by atoms with van der Waals surface area (Å²) in [4.78, 5) is 12.2. The maximum atomic E-state index is 13.8. The first-order valence-corrected chi connectivity index (χ1v) is 16.6. The number of aryl methyl sites for hydroxylation is 1. The van der Waals surface area contributed by atoms with E-state index in [2.05, 4.69) is 33.9 Å². The fourth-order valence-electron chi connectivity index (χ4n) is 3.83. The van der Waals surface area contributed by atoms with Crippen molar-refractivity contribution in [2.24, 2.45) is 0 Å². The van der Waals surface area contributed by atoms with E-state index in [0.29, 0.717) is 13.2 Å². The molecule has 11 heteroatoms. The first-order chi connectivity index (χ1) is 16.7. The Morgan fingerprint density at radius 2 is 1.75 bits per heavy atom. The third-order valence-corrected chi connectivity index (χ3v) is 13.4. The van der Waals surface area contributed by atoms with Gasteiger partial charge in [0.15, 0.2) is 8.32 Å². The highest BCUT2D eigenvalue weighted by Crippen LogP contribution is 2.41. The van der Waals surface area contributed by atoms with E-state index in [4.69, 9.17) is 23.4 Å². The summed E-state index contributed by atoms with van der Waals surface area (Å²) in [6, 6.07) is 6.12. The van der Waals surface area contributed by atoms with Crippen LogP contribution >= 0.6 is 0 Å². The number of carbonyl (C=O) groups is 1. The van der Waals surface area contributed by atoms with Gasteiger partial charge in [-0.2, -0.15) is 4.31 Å². The molecule has 0 radical (unpaired) electrons. The van der Waals surface area contributed by atoms with Gasteiger partial charge in [-0.15, -0.1) is 0 Å². The summed E-state index contributed by atoms with van der Waals surface area (Å²) in [5.74, 6) is -0.411. The fraction of sp³-hybridized carbons (Fsp3) is 0.720. The van der Waals surface area contributed by atoms with E-state index in [-0.39, 0.29) is 36.1 Å². The standard InChI is InChI=1S/C25H43NO8SSi/c1-19-9-11-20(12-10-19)35(28,29)26-17-22(34-36(7,8)25(2,3)4)24(33-18-32-16-15-30-5)21(26)13-14-23(27)31-6/h9-12,21-22,24H,13-18H2,1-8H3/t21-,22-,24-/m1/s1. The first-order valence-electron chi connectivity index (χ1n) is 12.3. The van der Waals surface area contributed by atoms with Gasteiger partial charge in [0.1, 0.15) is 12.9 Å². The molecule has 0 N–H and O–H groups in total. The third-order valence-electron chi connectivity index (χ3n) is 7.00. The van der Waals surface area contributed by atoms with Gasteiger partial charge in [0.25, 0.3) is 0 Å². The van der Waals surface area contributed by atoms with Crippen LogP contribution in [0.1, 0.15) is 39.2 Å². The lowest BCUT2D eigenvalue weighted by atomic mass is 10.1. The van der Waals surface area contributed by atoms with Gasteiger partial charge in [-0.05, 0) is 43.6 Å². The summed E-state index contributed by atoms with van der Waals surface area (Å²) in [6.07, 6.45) is -0.845. The Labute approximate surface area is 217 Å². The molecule has 1 aliphatic rings. The predicted molar refractivity (Wildman–Crippen MR) is 140 cm³/mol. The minimum atomic E-state index is -3.88. The van der Waals surface area contributed by atoms with Gasteiger partial charge < -0.3 is 23.4 Å². The Balaban J connectivity index is 2.44. The van der Waals surface area contributed by atoms with E-state index >= 15 is 0 Å². The molecular weight excluding hydrogens is 502 g/mol. The molecule has 0 bridgehead atoms. The highest BCUT2D eigenvalue weighted by molar-refractivity contribution is 7.89. The van der Waals surface area contributed by atoms with Crippen molar-refractivity contribution in [1.82, 2.24) is 4.31 Å². The van der Waals surface area contributed by atoms with Crippen molar-refractivity contribution in [3.05, 3.63) is 29.8 Å². The number of methoxy groups -OCH3 is 2. The van der Waals surface area contributed by atoms with Crippen molar-refractivity contribution in [3.63, 3.8) is 0 Å². The summed E-state index contributed by atoms with van der Waals surface area (Å²) in [7, 11) is -3.26. The number of ether oxygens (including phenoxy) is 4. The lowest BCUT2D eigenvalue weighted by Gasteiger charge is -2.39. The van der Waals surface area contributed by atoms with Gasteiger partial charge >= 0.3 is 5.97 Å². The van der Waals surface area contributed by atoms with Crippen LogP contribution in [-0.2, 0) is 38.2 Å². The second-order valence-corrected chi connectivity index (χ2v) is 17.3. The summed E-state index contributed by atoms with van der Waals surface area (Å²) in [5.41, 5.74) is 0.964. The summed E-state index contributed by atoms with van der Waals surface area (Å²) >= 11 is 0. The number of esters is 1. The molecule has 9 nitrogen and oxygen atoms in total. The van der Waals surface area contributed by atoms with Crippen LogP contribution in [0.15, 0.2) is 29.2 Å². The lowest BCUT2D eigenvalue weighted by Crippen LogP contribution is -2.48. The number of sulfonamides is 1. The van der Waals surface area contributed by atoms with Crippen molar-refractivity contribution >= 4 is 24.3 Å². The zero-order chi connectivity index (χ0) is 27.1. The lowest BCUT2D eigenvalue weighted by molar-refractivity contribution is -0.142. The Morgan fingerprint density at radius 3 is 2.31 bits per heavy atom. The number of hydrogen-bond acceptors (Lipinski definition) is 8. The molecule has 1 saturated heterocycles. The second kappa shape index (κ2) is 12.9. The quantitative estimate of drug-likeness (QED) is 0.160. The highest BCUT2D eigenvalue weighted by atomic mass is 32.2. The van der Waals surface area contributed by atoms with Gasteiger partial charge in [-0.25, -0.2) is 8.42 Å². The van der Waals surface area contributed by atoms with Crippen LogP contribution in [0.4, 0.5) is 0 Å². The van der Waals surface area contributed by atoms with E-state index in [1.165, 1.54) is 11.4 Å². The molecule has 0 spiro atoms. The third kappa shape index (κ3) is 7.83. The van der Waals surface area contributed by atoms with Crippen molar-refractivity contribution < 1.29 is 36.6 Å². The number of carbonyl (C=O) groups excluding carboxylic acids is 1. The molecule has 0 aliphatic carbocycles. The zero-order valence-electron chi connectivity index (χ0n) is 22.9. The Bertz CT molecular complexity index is 946. The van der Waals surface area contributed by atoms with E-state index in [1.807, 2.05) is 6.92 Å². The normalized spacial score (nSPS) is 21.6. The molecule has 206 valence electrons. The molecule has 0 unspecified atom stereocenters. The van der Waals surface area contributed by atoms with Crippen LogP contribution in [0.25, 0.3) is 0 Å². The minimum Gasteiger partial charge on any atom is -0.469 e. The number of nitrogens with zero attached hydrogens (tertiary/aromatic N) is 1. The van der Waals surface area contributed by atoms with Gasteiger partial charge in [-0.3, -0.25) is 4.79 Å². The van der Waals surface area contributed by atoms with Gasteiger partial charge in [0.2, 0.25) is 10.0 Å². The smallest absolute Gasteiger partial charge is 0.305 e. The van der Waals surface area contributed by atoms with Crippen LogP contribution in [0.3, 0.4) is 0 Å². The molecule has 1 heterocycles. The van der Waals surface area contributed by atoms with Crippen LogP contribution in [0, 0.1) is 6.92 Å². The zero-order valence-corrected chi connectivity index (χ0v) is 24.7. The minimum absolute atomic E-state index is 0.0431. The van der Waals surface area contributed by atoms with Gasteiger partial charge in [0.05, 0.1) is 37.4 Å². The van der Waals surface area contributed by atoms with Crippen LogP contribution in [0.5, 0.6) is 0 Å². The van der Waals surface area contributed by atoms with E-state index < -0.39 is 42.6 Å². The molecule has 0 saturated carbocycles. The Morgan fingerprint density at radius 1 is 1.11 bits per heavy atom. The molecule has 1 aromatic carbocycles. The summed E-state index contributed by atoms with van der Waals surface area (Å²) in [5, 5.41) is -0.0860. The molecule has 2 rings (SSSR count). The Kier molecular flexibility index (Phi) is 11.1. The van der Waals surface area contributed by atoms with Crippen LogP contribution in [0.2, 0.25) is 18.1 Å². The van der Waals surface area contributed by atoms with E-state index in [0.717, 1.165) is 5.56 Å². The van der Waals surface area contributed by atoms with E-state index in [9.17, 15) is 13.2 Å². The highest BCUT2D eigenvalue weighted by Gasteiger charge is 2.51. The monoisotopic (exact) mass is 545 g/mol. The Hall–Kier alpha value is -1.34. The average molecular weight is 546 g/mol. The maximum Gasteiger partial charge on any atom is 0.305 e. The number of hydrogen-bond donors (Lipinski definition) is 0. The largest absolute Gasteiger partial charge is 0.469 e.